The van der Waals surface area contributed by atoms with Crippen LogP contribution in [0.4, 0.5) is 0 Å². The summed E-state index contributed by atoms with van der Waals surface area (Å²) in [4.78, 5) is 16.9. The molecular weight excluding hydrogens is 362 g/mol. The minimum atomic E-state index is -3.57. The van der Waals surface area contributed by atoms with Gasteiger partial charge in [0.25, 0.3) is 5.91 Å². The van der Waals surface area contributed by atoms with Gasteiger partial charge < -0.3 is 5.32 Å². The summed E-state index contributed by atoms with van der Waals surface area (Å²) in [6.07, 6.45) is 5.16. The first-order valence-corrected chi connectivity index (χ1v) is 10.7. The second kappa shape index (κ2) is 8.63. The van der Waals surface area contributed by atoms with Crippen molar-refractivity contribution >= 4 is 15.9 Å². The van der Waals surface area contributed by atoms with Crippen molar-refractivity contribution in [3.8, 4) is 0 Å². The monoisotopic (exact) mass is 387 g/mol. The molecule has 144 valence electrons. The van der Waals surface area contributed by atoms with Gasteiger partial charge in [-0.25, -0.2) is 8.42 Å². The van der Waals surface area contributed by atoms with Crippen LogP contribution in [0.1, 0.15) is 40.9 Å². The minimum absolute atomic E-state index is 0.224. The standard InChI is InChI=1S/C20H25N3O3S/c1-16-8-9-17(20(24)22-12-10-18-7-3-4-11-21-18)15-19(16)27(25,26)23-13-5-2-6-14-23/h3-4,7-9,11,15H,2,5-6,10,12-14H2,1H3,(H,22,24). The molecule has 1 aromatic heterocycles. The number of carbonyl (C=O) groups is 1. The molecule has 1 aliphatic heterocycles. The van der Waals surface area contributed by atoms with Gasteiger partial charge in [-0.15, -0.1) is 0 Å². The fraction of sp³-hybridized carbons (Fsp3) is 0.400. The van der Waals surface area contributed by atoms with Gasteiger partial charge in [0.05, 0.1) is 4.90 Å². The average Bonchev–Trinajstić information content (AvgIpc) is 2.69. The maximum Gasteiger partial charge on any atom is 0.251 e. The molecule has 6 nitrogen and oxygen atoms in total. The van der Waals surface area contributed by atoms with Crippen LogP contribution in [-0.2, 0) is 16.4 Å². The Bertz CT molecular complexity index is 892. The SMILES string of the molecule is Cc1ccc(C(=O)NCCc2ccccn2)cc1S(=O)(=O)N1CCCCC1. The number of carbonyl (C=O) groups excluding carboxylic acids is 1. The van der Waals surface area contributed by atoms with Crippen molar-refractivity contribution in [1.29, 1.82) is 0 Å². The highest BCUT2D eigenvalue weighted by Gasteiger charge is 2.28. The number of pyridine rings is 1. The lowest BCUT2D eigenvalue weighted by molar-refractivity contribution is 0.0954. The first kappa shape index (κ1) is 19.5. The molecule has 0 unspecified atom stereocenters. The zero-order valence-electron chi connectivity index (χ0n) is 15.5. The van der Waals surface area contributed by atoms with Crippen molar-refractivity contribution in [3.63, 3.8) is 0 Å². The number of hydrogen-bond acceptors (Lipinski definition) is 4. The molecule has 1 aliphatic rings. The molecule has 27 heavy (non-hydrogen) atoms. The summed E-state index contributed by atoms with van der Waals surface area (Å²) >= 11 is 0. The van der Waals surface area contributed by atoms with Crippen molar-refractivity contribution < 1.29 is 13.2 Å². The number of benzene rings is 1. The Hall–Kier alpha value is -2.25. The van der Waals surface area contributed by atoms with Crippen LogP contribution in [0.5, 0.6) is 0 Å². The molecule has 0 saturated carbocycles. The Labute approximate surface area is 160 Å². The molecule has 2 aromatic rings. The highest BCUT2D eigenvalue weighted by Crippen LogP contribution is 2.24. The van der Waals surface area contributed by atoms with Crippen LogP contribution in [0, 0.1) is 6.92 Å². The van der Waals surface area contributed by atoms with Gasteiger partial charge in [0.1, 0.15) is 0 Å². The molecule has 1 N–H and O–H groups in total. The number of rotatable bonds is 6. The summed E-state index contributed by atoms with van der Waals surface area (Å²) in [5, 5.41) is 2.84. The smallest absolute Gasteiger partial charge is 0.251 e. The third-order valence-corrected chi connectivity index (χ3v) is 6.82. The topological polar surface area (TPSA) is 79.4 Å². The molecule has 0 radical (unpaired) electrons. The number of sulfonamides is 1. The van der Waals surface area contributed by atoms with E-state index in [0.29, 0.717) is 37.2 Å². The summed E-state index contributed by atoms with van der Waals surface area (Å²) in [5.41, 5.74) is 1.91. The van der Waals surface area contributed by atoms with Gasteiger partial charge in [0.2, 0.25) is 10.0 Å². The van der Waals surface area contributed by atoms with Crippen LogP contribution in [0.2, 0.25) is 0 Å². The van der Waals surface area contributed by atoms with Gasteiger partial charge >= 0.3 is 0 Å². The largest absolute Gasteiger partial charge is 0.352 e. The van der Waals surface area contributed by atoms with E-state index in [2.05, 4.69) is 10.3 Å². The minimum Gasteiger partial charge on any atom is -0.352 e. The predicted molar refractivity (Wildman–Crippen MR) is 104 cm³/mol. The van der Waals surface area contributed by atoms with E-state index in [1.54, 1.807) is 25.3 Å². The summed E-state index contributed by atoms with van der Waals surface area (Å²) in [6, 6.07) is 10.5. The predicted octanol–water partition coefficient (Wildman–Crippen LogP) is 2.54. The third-order valence-electron chi connectivity index (χ3n) is 4.78. The molecule has 0 spiro atoms. The van der Waals surface area contributed by atoms with E-state index in [0.717, 1.165) is 25.0 Å². The second-order valence-corrected chi connectivity index (χ2v) is 8.68. The van der Waals surface area contributed by atoms with Gasteiger partial charge in [0, 0.05) is 43.5 Å². The van der Waals surface area contributed by atoms with Crippen molar-refractivity contribution in [3.05, 3.63) is 59.4 Å². The number of amides is 1. The van der Waals surface area contributed by atoms with E-state index in [1.807, 2.05) is 18.2 Å². The zero-order valence-corrected chi connectivity index (χ0v) is 16.3. The maximum absolute atomic E-state index is 13.0. The lowest BCUT2D eigenvalue weighted by Crippen LogP contribution is -2.36. The van der Waals surface area contributed by atoms with Gasteiger partial charge in [-0.05, 0) is 49.6 Å². The van der Waals surface area contributed by atoms with E-state index >= 15 is 0 Å². The van der Waals surface area contributed by atoms with Crippen molar-refractivity contribution in [2.75, 3.05) is 19.6 Å². The van der Waals surface area contributed by atoms with Gasteiger partial charge in [-0.1, -0.05) is 18.6 Å². The van der Waals surface area contributed by atoms with E-state index in [-0.39, 0.29) is 10.8 Å². The van der Waals surface area contributed by atoms with Crippen LogP contribution in [0.25, 0.3) is 0 Å². The van der Waals surface area contributed by atoms with E-state index < -0.39 is 10.0 Å². The molecule has 1 amide bonds. The molecule has 1 aromatic carbocycles. The Balaban J connectivity index is 1.71. The molecule has 0 atom stereocenters. The second-order valence-electron chi connectivity index (χ2n) is 6.77. The van der Waals surface area contributed by atoms with E-state index in [4.69, 9.17) is 0 Å². The van der Waals surface area contributed by atoms with Gasteiger partial charge in [0.15, 0.2) is 0 Å². The Morgan fingerprint density at radius 1 is 1.15 bits per heavy atom. The molecule has 2 heterocycles. The Morgan fingerprint density at radius 3 is 2.63 bits per heavy atom. The van der Waals surface area contributed by atoms with Gasteiger partial charge in [-0.2, -0.15) is 4.31 Å². The Kier molecular flexibility index (Phi) is 6.23. The molecule has 7 heteroatoms. The summed E-state index contributed by atoms with van der Waals surface area (Å²) in [7, 11) is -3.57. The summed E-state index contributed by atoms with van der Waals surface area (Å²) in [5.74, 6) is -0.277. The van der Waals surface area contributed by atoms with Crippen LogP contribution < -0.4 is 5.32 Å². The third kappa shape index (κ3) is 4.73. The maximum atomic E-state index is 13.0. The van der Waals surface area contributed by atoms with Crippen LogP contribution >= 0.6 is 0 Å². The number of nitrogens with zero attached hydrogens (tertiary/aromatic N) is 2. The summed E-state index contributed by atoms with van der Waals surface area (Å²) in [6.45, 7) is 3.29. The lowest BCUT2D eigenvalue weighted by atomic mass is 10.1. The fourth-order valence-corrected chi connectivity index (χ4v) is 4.98. The van der Waals surface area contributed by atoms with Crippen molar-refractivity contribution in [2.45, 2.75) is 37.5 Å². The van der Waals surface area contributed by atoms with E-state index in [1.165, 1.54) is 10.4 Å². The van der Waals surface area contributed by atoms with Crippen LogP contribution in [0.15, 0.2) is 47.5 Å². The lowest BCUT2D eigenvalue weighted by Gasteiger charge is -2.26. The molecular formula is C20H25N3O3S. The number of aromatic nitrogens is 1. The first-order chi connectivity index (χ1) is 13.0. The van der Waals surface area contributed by atoms with Crippen molar-refractivity contribution in [2.24, 2.45) is 0 Å². The molecule has 1 fully saturated rings. The number of piperidine rings is 1. The van der Waals surface area contributed by atoms with E-state index in [9.17, 15) is 13.2 Å². The number of nitrogens with one attached hydrogen (secondary N) is 1. The molecule has 0 bridgehead atoms. The van der Waals surface area contributed by atoms with Crippen LogP contribution in [-0.4, -0.2) is 43.2 Å². The van der Waals surface area contributed by atoms with Gasteiger partial charge in [-0.3, -0.25) is 9.78 Å². The van der Waals surface area contributed by atoms with Crippen molar-refractivity contribution in [1.82, 2.24) is 14.6 Å². The fourth-order valence-electron chi connectivity index (χ4n) is 3.22. The number of hydrogen-bond donors (Lipinski definition) is 1. The quantitative estimate of drug-likeness (QED) is 0.826. The molecule has 3 rings (SSSR count). The average molecular weight is 388 g/mol. The normalized spacial score (nSPS) is 15.4. The number of aryl methyl sites for hydroxylation is 1. The summed E-state index contributed by atoms with van der Waals surface area (Å²) < 4.78 is 27.5. The van der Waals surface area contributed by atoms with Crippen LogP contribution in [0.3, 0.4) is 0 Å². The molecule has 1 saturated heterocycles. The highest BCUT2D eigenvalue weighted by atomic mass is 32.2. The highest BCUT2D eigenvalue weighted by molar-refractivity contribution is 7.89. The Morgan fingerprint density at radius 2 is 1.93 bits per heavy atom. The molecule has 0 aliphatic carbocycles. The zero-order chi connectivity index (χ0) is 19.3. The first-order valence-electron chi connectivity index (χ1n) is 9.27.